The van der Waals surface area contributed by atoms with Crippen LogP contribution in [0.4, 0.5) is 5.69 Å². The maximum atomic E-state index is 12.0. The Morgan fingerprint density at radius 2 is 1.69 bits per heavy atom. The van der Waals surface area contributed by atoms with E-state index in [0.29, 0.717) is 16.4 Å². The average molecular weight is 365 g/mol. The van der Waals surface area contributed by atoms with E-state index in [2.05, 4.69) is 10.3 Å². The van der Waals surface area contributed by atoms with Crippen molar-refractivity contribution in [3.63, 3.8) is 0 Å². The summed E-state index contributed by atoms with van der Waals surface area (Å²) in [5.41, 5.74) is 4.16. The number of aromatic nitrogens is 1. The summed E-state index contributed by atoms with van der Waals surface area (Å²) in [6, 6.07) is 18.4. The van der Waals surface area contributed by atoms with Crippen LogP contribution in [0.2, 0.25) is 5.02 Å². The van der Waals surface area contributed by atoms with E-state index in [1.54, 1.807) is 36.5 Å². The number of nitrogens with one attached hydrogen (secondary N) is 1. The first-order valence-electron chi connectivity index (χ1n) is 8.05. The molecule has 1 aromatic heterocycles. The second-order valence-electron chi connectivity index (χ2n) is 5.66. The lowest BCUT2D eigenvalue weighted by Crippen LogP contribution is -2.07. The molecule has 3 aromatic rings. The van der Waals surface area contributed by atoms with Gasteiger partial charge in [-0.2, -0.15) is 0 Å². The zero-order valence-electron chi connectivity index (χ0n) is 13.9. The van der Waals surface area contributed by atoms with Crippen LogP contribution in [0, 0.1) is 0 Å². The van der Waals surface area contributed by atoms with Crippen molar-refractivity contribution in [2.24, 2.45) is 0 Å². The van der Waals surface area contributed by atoms with Crippen LogP contribution < -0.4 is 5.32 Å². The summed E-state index contributed by atoms with van der Waals surface area (Å²) in [5, 5.41) is 12.5. The van der Waals surface area contributed by atoms with Crippen molar-refractivity contribution in [3.8, 4) is 11.1 Å². The van der Waals surface area contributed by atoms with Gasteiger partial charge in [0.2, 0.25) is 5.91 Å². The first-order chi connectivity index (χ1) is 12.6. The molecule has 130 valence electrons. The predicted octanol–water partition coefficient (Wildman–Crippen LogP) is 4.55. The van der Waals surface area contributed by atoms with E-state index in [1.165, 1.54) is 6.08 Å². The molecule has 0 saturated carbocycles. The SMILES string of the molecule is O=C(/C=C/c1ccc(-c2ccc(Cl)cc2)cn1)Nc1ccc(CO)cc1. The van der Waals surface area contributed by atoms with Gasteiger partial charge in [-0.05, 0) is 47.5 Å². The zero-order chi connectivity index (χ0) is 18.4. The van der Waals surface area contributed by atoms with Crippen LogP contribution in [0.15, 0.2) is 72.9 Å². The van der Waals surface area contributed by atoms with E-state index in [0.717, 1.165) is 16.7 Å². The van der Waals surface area contributed by atoms with E-state index < -0.39 is 0 Å². The normalized spacial score (nSPS) is 10.8. The number of hydrogen-bond donors (Lipinski definition) is 2. The van der Waals surface area contributed by atoms with Gasteiger partial charge in [-0.15, -0.1) is 0 Å². The summed E-state index contributed by atoms with van der Waals surface area (Å²) in [4.78, 5) is 16.3. The number of benzene rings is 2. The molecule has 4 nitrogen and oxygen atoms in total. The molecule has 0 bridgehead atoms. The van der Waals surface area contributed by atoms with Crippen LogP contribution in [0.1, 0.15) is 11.3 Å². The molecule has 0 spiro atoms. The minimum absolute atomic E-state index is 0.0220. The van der Waals surface area contributed by atoms with Gasteiger partial charge in [0.25, 0.3) is 0 Å². The fourth-order valence-electron chi connectivity index (χ4n) is 2.36. The molecule has 0 aliphatic heterocycles. The molecule has 26 heavy (non-hydrogen) atoms. The van der Waals surface area contributed by atoms with E-state index in [1.807, 2.05) is 36.4 Å². The quantitative estimate of drug-likeness (QED) is 0.653. The van der Waals surface area contributed by atoms with Gasteiger partial charge in [0, 0.05) is 28.5 Å². The molecule has 0 aliphatic rings. The summed E-state index contributed by atoms with van der Waals surface area (Å²) in [7, 11) is 0. The molecule has 0 fully saturated rings. The van der Waals surface area contributed by atoms with Crippen molar-refractivity contribution in [1.29, 1.82) is 0 Å². The van der Waals surface area contributed by atoms with Gasteiger partial charge in [0.15, 0.2) is 0 Å². The predicted molar refractivity (Wildman–Crippen MR) is 105 cm³/mol. The van der Waals surface area contributed by atoms with E-state index in [4.69, 9.17) is 16.7 Å². The van der Waals surface area contributed by atoms with Gasteiger partial charge in [0.05, 0.1) is 12.3 Å². The third-order valence-electron chi connectivity index (χ3n) is 3.77. The first kappa shape index (κ1) is 17.9. The van der Waals surface area contributed by atoms with E-state index in [-0.39, 0.29) is 12.5 Å². The third kappa shape index (κ3) is 4.79. The van der Waals surface area contributed by atoms with Gasteiger partial charge in [-0.1, -0.05) is 41.9 Å². The Bertz CT molecular complexity index is 902. The Morgan fingerprint density at radius 3 is 2.31 bits per heavy atom. The standard InChI is InChI=1S/C21H17ClN2O2/c22-18-6-3-16(4-7-18)17-5-10-19(23-13-17)11-12-21(26)24-20-8-1-15(14-25)2-9-20/h1-13,25H,14H2,(H,24,26)/b12-11+. The number of pyridine rings is 1. The Balaban J connectivity index is 1.62. The van der Waals surface area contributed by atoms with Crippen molar-refractivity contribution in [2.45, 2.75) is 6.61 Å². The van der Waals surface area contributed by atoms with Gasteiger partial charge < -0.3 is 10.4 Å². The molecule has 0 aliphatic carbocycles. The summed E-state index contributed by atoms with van der Waals surface area (Å²) >= 11 is 5.89. The van der Waals surface area contributed by atoms with Crippen LogP contribution in [-0.2, 0) is 11.4 Å². The number of rotatable bonds is 5. The molecule has 1 heterocycles. The highest BCUT2D eigenvalue weighted by Crippen LogP contribution is 2.21. The molecule has 0 atom stereocenters. The number of carbonyl (C=O) groups is 1. The Hall–Kier alpha value is -2.95. The number of nitrogens with zero attached hydrogens (tertiary/aromatic N) is 1. The van der Waals surface area contributed by atoms with E-state index in [9.17, 15) is 4.79 Å². The monoisotopic (exact) mass is 364 g/mol. The average Bonchev–Trinajstić information content (AvgIpc) is 2.68. The third-order valence-corrected chi connectivity index (χ3v) is 4.03. The van der Waals surface area contributed by atoms with Gasteiger partial charge >= 0.3 is 0 Å². The maximum absolute atomic E-state index is 12.0. The van der Waals surface area contributed by atoms with Crippen molar-refractivity contribution < 1.29 is 9.90 Å². The highest BCUT2D eigenvalue weighted by Gasteiger charge is 2.00. The lowest BCUT2D eigenvalue weighted by Gasteiger charge is -2.03. The Morgan fingerprint density at radius 1 is 1.00 bits per heavy atom. The van der Waals surface area contributed by atoms with Crippen molar-refractivity contribution in [3.05, 3.63) is 89.2 Å². The largest absolute Gasteiger partial charge is 0.392 e. The summed E-state index contributed by atoms with van der Waals surface area (Å²) in [6.45, 7) is -0.0220. The number of anilines is 1. The van der Waals surface area contributed by atoms with Crippen LogP contribution in [0.25, 0.3) is 17.2 Å². The molecular weight excluding hydrogens is 348 g/mol. The van der Waals surface area contributed by atoms with E-state index >= 15 is 0 Å². The topological polar surface area (TPSA) is 62.2 Å². The number of aliphatic hydroxyl groups is 1. The van der Waals surface area contributed by atoms with Crippen LogP contribution >= 0.6 is 11.6 Å². The highest BCUT2D eigenvalue weighted by molar-refractivity contribution is 6.30. The molecule has 1 amide bonds. The lowest BCUT2D eigenvalue weighted by molar-refractivity contribution is -0.111. The molecule has 2 N–H and O–H groups in total. The molecular formula is C21H17ClN2O2. The van der Waals surface area contributed by atoms with Crippen molar-refractivity contribution in [2.75, 3.05) is 5.32 Å². The molecule has 5 heteroatoms. The number of aliphatic hydroxyl groups excluding tert-OH is 1. The van der Waals surface area contributed by atoms with Crippen LogP contribution in [0.3, 0.4) is 0 Å². The summed E-state index contributed by atoms with van der Waals surface area (Å²) in [5.74, 6) is -0.245. The fourth-order valence-corrected chi connectivity index (χ4v) is 2.48. The minimum atomic E-state index is -0.245. The first-order valence-corrected chi connectivity index (χ1v) is 8.43. The maximum Gasteiger partial charge on any atom is 0.248 e. The minimum Gasteiger partial charge on any atom is -0.392 e. The lowest BCUT2D eigenvalue weighted by atomic mass is 10.1. The molecule has 2 aromatic carbocycles. The Kier molecular flexibility index (Phi) is 5.79. The van der Waals surface area contributed by atoms with Gasteiger partial charge in [0.1, 0.15) is 0 Å². The second-order valence-corrected chi connectivity index (χ2v) is 6.09. The highest BCUT2D eigenvalue weighted by atomic mass is 35.5. The number of halogens is 1. The number of carbonyl (C=O) groups excluding carboxylic acids is 1. The summed E-state index contributed by atoms with van der Waals surface area (Å²) in [6.07, 6.45) is 4.85. The van der Waals surface area contributed by atoms with Crippen molar-refractivity contribution in [1.82, 2.24) is 4.98 Å². The van der Waals surface area contributed by atoms with Gasteiger partial charge in [-0.25, -0.2) is 0 Å². The fraction of sp³-hybridized carbons (Fsp3) is 0.0476. The number of amides is 1. The molecule has 0 saturated heterocycles. The number of hydrogen-bond acceptors (Lipinski definition) is 3. The molecule has 3 rings (SSSR count). The van der Waals surface area contributed by atoms with Crippen LogP contribution in [-0.4, -0.2) is 16.0 Å². The molecule has 0 unspecified atom stereocenters. The molecule has 0 radical (unpaired) electrons. The Labute approximate surface area is 156 Å². The van der Waals surface area contributed by atoms with Crippen molar-refractivity contribution >= 4 is 29.3 Å². The zero-order valence-corrected chi connectivity index (χ0v) is 14.6. The smallest absolute Gasteiger partial charge is 0.248 e. The summed E-state index contributed by atoms with van der Waals surface area (Å²) < 4.78 is 0. The second kappa shape index (κ2) is 8.43. The van der Waals surface area contributed by atoms with Crippen LogP contribution in [0.5, 0.6) is 0 Å². The van der Waals surface area contributed by atoms with Gasteiger partial charge in [-0.3, -0.25) is 9.78 Å².